The number of carbonyl (C=O) groups is 3. The first-order valence-electron chi connectivity index (χ1n) is 13.7. The van der Waals surface area contributed by atoms with Gasteiger partial charge in [0.25, 0.3) is 5.91 Å². The summed E-state index contributed by atoms with van der Waals surface area (Å²) in [4.78, 5) is 41.3. The summed E-state index contributed by atoms with van der Waals surface area (Å²) in [5, 5.41) is 0. The molecule has 0 N–H and O–H groups in total. The summed E-state index contributed by atoms with van der Waals surface area (Å²) in [7, 11) is 2.77. The second-order valence-electron chi connectivity index (χ2n) is 11.8. The van der Waals surface area contributed by atoms with Crippen molar-refractivity contribution in [3.63, 3.8) is 0 Å². The van der Waals surface area contributed by atoms with Crippen LogP contribution in [0.2, 0.25) is 0 Å². The van der Waals surface area contributed by atoms with Crippen molar-refractivity contribution in [3.8, 4) is 0 Å². The van der Waals surface area contributed by atoms with Gasteiger partial charge >= 0.3 is 11.9 Å². The van der Waals surface area contributed by atoms with E-state index in [1.165, 1.54) is 14.2 Å². The molecule has 11 heteroatoms. The molecule has 11 nitrogen and oxygen atoms in total. The molecule has 1 aromatic rings. The zero-order valence-corrected chi connectivity index (χ0v) is 23.9. The lowest BCUT2D eigenvalue weighted by Crippen LogP contribution is -2.77. The Balaban J connectivity index is 1.40. The number of fused-ring (bicyclic) bond motifs is 1. The van der Waals surface area contributed by atoms with Gasteiger partial charge in [-0.25, -0.2) is 0 Å². The lowest BCUT2D eigenvalue weighted by atomic mass is 9.67. The second-order valence-corrected chi connectivity index (χ2v) is 11.8. The van der Waals surface area contributed by atoms with Crippen molar-refractivity contribution in [2.24, 2.45) is 11.8 Å². The van der Waals surface area contributed by atoms with Gasteiger partial charge in [0.15, 0.2) is 17.7 Å². The highest BCUT2D eigenvalue weighted by Crippen LogP contribution is 2.48. The maximum absolute atomic E-state index is 13.4. The number of esters is 2. The summed E-state index contributed by atoms with van der Waals surface area (Å²) < 4.78 is 40.9. The van der Waals surface area contributed by atoms with Crippen LogP contribution < -0.4 is 0 Å². The smallest absolute Gasteiger partial charge is 0.309 e. The van der Waals surface area contributed by atoms with Gasteiger partial charge in [0.1, 0.15) is 24.9 Å². The molecule has 0 aromatic heterocycles. The van der Waals surface area contributed by atoms with E-state index in [1.807, 2.05) is 44.2 Å². The van der Waals surface area contributed by atoms with Crippen molar-refractivity contribution in [2.75, 3.05) is 20.8 Å². The predicted octanol–water partition coefficient (Wildman–Crippen LogP) is 2.20. The summed E-state index contributed by atoms with van der Waals surface area (Å²) >= 11 is 0. The standard InChI is InChI=1S/C29H39NO10/c1-28(2)37-15-20(38-28)24-23(39-29(3,4)40-24)19-12-18(27(33)35-6)17(22-25(34-5)26(32)30(19)22)13-21(31)36-14-16-10-8-7-9-11-16/h7-11,17-20,22-25H,12-15H2,1-6H3/t17-,18+,19?,20-,22-,23-,24+,25+/m1/s1. The fourth-order valence-electron chi connectivity index (χ4n) is 6.59. The fraction of sp³-hybridized carbons (Fsp3) is 0.690. The van der Waals surface area contributed by atoms with Crippen LogP contribution in [-0.4, -0.2) is 91.6 Å². The maximum Gasteiger partial charge on any atom is 0.309 e. The van der Waals surface area contributed by atoms with E-state index < -0.39 is 71.8 Å². The lowest BCUT2D eigenvalue weighted by Gasteiger charge is -2.59. The Bertz CT molecular complexity index is 1110. The van der Waals surface area contributed by atoms with Crippen LogP contribution in [0.1, 0.15) is 46.1 Å². The van der Waals surface area contributed by atoms with E-state index >= 15 is 0 Å². The minimum atomic E-state index is -0.950. The van der Waals surface area contributed by atoms with Gasteiger partial charge in [-0.2, -0.15) is 0 Å². The average molecular weight is 562 g/mol. The first kappa shape index (κ1) is 28.9. The summed E-state index contributed by atoms with van der Waals surface area (Å²) in [6.45, 7) is 7.69. The summed E-state index contributed by atoms with van der Waals surface area (Å²) in [6, 6.07) is 8.27. The molecule has 1 aromatic carbocycles. The van der Waals surface area contributed by atoms with Gasteiger partial charge in [-0.15, -0.1) is 0 Å². The predicted molar refractivity (Wildman–Crippen MR) is 138 cm³/mol. The van der Waals surface area contributed by atoms with E-state index in [-0.39, 0.29) is 25.4 Å². The molecular weight excluding hydrogens is 522 g/mol. The van der Waals surface area contributed by atoms with Crippen molar-refractivity contribution in [3.05, 3.63) is 35.9 Å². The molecule has 1 amide bonds. The summed E-state index contributed by atoms with van der Waals surface area (Å²) in [5.41, 5.74) is 0.854. The lowest BCUT2D eigenvalue weighted by molar-refractivity contribution is -0.212. The summed E-state index contributed by atoms with van der Waals surface area (Å²) in [5.74, 6) is -4.14. The van der Waals surface area contributed by atoms with Crippen LogP contribution in [-0.2, 0) is 54.1 Å². The molecule has 4 aliphatic heterocycles. The number of hydrogen-bond donors (Lipinski definition) is 0. The number of β-lactam (4-membered cyclic amide) rings is 1. The van der Waals surface area contributed by atoms with Crippen LogP contribution >= 0.6 is 0 Å². The zero-order valence-electron chi connectivity index (χ0n) is 23.9. The van der Waals surface area contributed by atoms with Crippen LogP contribution in [0.5, 0.6) is 0 Å². The van der Waals surface area contributed by atoms with Crippen molar-refractivity contribution in [1.29, 1.82) is 0 Å². The Morgan fingerprint density at radius 1 is 1.00 bits per heavy atom. The topological polar surface area (TPSA) is 119 Å². The van der Waals surface area contributed by atoms with Gasteiger partial charge in [-0.3, -0.25) is 14.4 Å². The highest BCUT2D eigenvalue weighted by atomic mass is 16.8. The van der Waals surface area contributed by atoms with E-state index in [0.29, 0.717) is 6.61 Å². The van der Waals surface area contributed by atoms with E-state index in [4.69, 9.17) is 33.2 Å². The van der Waals surface area contributed by atoms with E-state index in [0.717, 1.165) is 5.56 Å². The number of carbonyl (C=O) groups excluding carboxylic acids is 3. The third-order valence-corrected chi connectivity index (χ3v) is 8.28. The van der Waals surface area contributed by atoms with Crippen molar-refractivity contribution >= 4 is 17.8 Å². The van der Waals surface area contributed by atoms with Gasteiger partial charge in [0.05, 0.1) is 38.1 Å². The molecule has 220 valence electrons. The number of piperidine rings is 1. The third kappa shape index (κ3) is 5.49. The Morgan fingerprint density at radius 2 is 1.70 bits per heavy atom. The third-order valence-electron chi connectivity index (χ3n) is 8.28. The van der Waals surface area contributed by atoms with Crippen molar-refractivity contribution in [1.82, 2.24) is 4.90 Å². The van der Waals surface area contributed by atoms with E-state index in [9.17, 15) is 14.4 Å². The molecule has 4 saturated heterocycles. The minimum Gasteiger partial charge on any atom is -0.469 e. The number of ether oxygens (including phenoxy) is 7. The number of nitrogens with zero attached hydrogens (tertiary/aromatic N) is 1. The SMILES string of the molecule is COC(=O)[C@H]1CC([C@H]2OC(C)(C)O[C@H]2[C@H]2COC(C)(C)O2)N2C(=O)[C@@H](OC)[C@H]2[C@@H]1CC(=O)OCc1ccccc1. The highest BCUT2D eigenvalue weighted by Gasteiger charge is 2.65. The van der Waals surface area contributed by atoms with E-state index in [2.05, 4.69) is 0 Å². The number of amides is 1. The first-order valence-corrected chi connectivity index (χ1v) is 13.7. The number of hydrogen-bond acceptors (Lipinski definition) is 10. The molecule has 0 saturated carbocycles. The number of benzene rings is 1. The summed E-state index contributed by atoms with van der Waals surface area (Å²) in [6.07, 6.45) is -2.25. The average Bonchev–Trinajstić information content (AvgIpc) is 3.45. The molecule has 0 bridgehead atoms. The van der Waals surface area contributed by atoms with Gasteiger partial charge in [0, 0.05) is 13.0 Å². The Kier molecular flexibility index (Phi) is 7.97. The van der Waals surface area contributed by atoms with Crippen molar-refractivity contribution in [2.45, 2.75) is 95.2 Å². The van der Waals surface area contributed by atoms with Crippen molar-refractivity contribution < 1.29 is 47.5 Å². The highest BCUT2D eigenvalue weighted by molar-refractivity contribution is 5.90. The largest absolute Gasteiger partial charge is 0.469 e. The quantitative estimate of drug-likeness (QED) is 0.345. The van der Waals surface area contributed by atoms with E-state index in [1.54, 1.807) is 18.7 Å². The molecule has 4 fully saturated rings. The monoisotopic (exact) mass is 561 g/mol. The van der Waals surface area contributed by atoms with Crippen LogP contribution in [0.3, 0.4) is 0 Å². The van der Waals surface area contributed by atoms with Crippen LogP contribution in [0.4, 0.5) is 0 Å². The molecule has 1 unspecified atom stereocenters. The molecule has 4 aliphatic rings. The minimum absolute atomic E-state index is 0.0711. The van der Waals surface area contributed by atoms with Gasteiger partial charge < -0.3 is 38.1 Å². The Morgan fingerprint density at radius 3 is 2.33 bits per heavy atom. The number of rotatable bonds is 8. The van der Waals surface area contributed by atoms with Crippen LogP contribution in [0.25, 0.3) is 0 Å². The zero-order chi connectivity index (χ0) is 28.8. The van der Waals surface area contributed by atoms with Gasteiger partial charge in [-0.05, 0) is 39.7 Å². The molecule has 4 heterocycles. The molecule has 8 atom stereocenters. The van der Waals surface area contributed by atoms with Gasteiger partial charge in [0.2, 0.25) is 0 Å². The normalized spacial score (nSPS) is 36.0. The number of methoxy groups -OCH3 is 2. The molecule has 40 heavy (non-hydrogen) atoms. The second kappa shape index (κ2) is 11.0. The molecule has 0 radical (unpaired) electrons. The molecular formula is C29H39NO10. The van der Waals surface area contributed by atoms with Gasteiger partial charge in [-0.1, -0.05) is 30.3 Å². The van der Waals surface area contributed by atoms with Crippen LogP contribution in [0, 0.1) is 11.8 Å². The first-order chi connectivity index (χ1) is 18.9. The fourth-order valence-corrected chi connectivity index (χ4v) is 6.59. The molecule has 5 rings (SSSR count). The maximum atomic E-state index is 13.4. The van der Waals surface area contributed by atoms with Crippen LogP contribution in [0.15, 0.2) is 30.3 Å². The molecule has 0 spiro atoms. The Hall–Kier alpha value is -2.57. The Labute approximate surface area is 234 Å². The molecule has 0 aliphatic carbocycles.